The first-order valence-corrected chi connectivity index (χ1v) is 14.6. The fraction of sp³-hybridized carbons (Fsp3) is 0.562. The van der Waals surface area contributed by atoms with Crippen molar-refractivity contribution in [3.8, 4) is 5.75 Å². The summed E-state index contributed by atoms with van der Waals surface area (Å²) in [4.78, 5) is 26.7. The molecule has 3 aliphatic carbocycles. The summed E-state index contributed by atoms with van der Waals surface area (Å²) in [5.74, 6) is 1.51. The Bertz CT molecular complexity index is 1200. The SMILES string of the molecule is COc1ccc([C@@H](CC(=O)N[C@@H](CC(C)C)B2O[C@@H]3C[C@H]4C[C@H](C4(C)C)[C@]3(C)O2)NC(=O)c2ccccc2)cc1. The van der Waals surface area contributed by atoms with Crippen LogP contribution in [0, 0.1) is 23.2 Å². The highest BCUT2D eigenvalue weighted by atomic mass is 16.7. The minimum atomic E-state index is -0.517. The second-order valence-electron chi connectivity index (χ2n) is 13.0. The Morgan fingerprint density at radius 3 is 2.35 bits per heavy atom. The Balaban J connectivity index is 1.31. The standard InChI is InChI=1S/C32H43BN2O5/c1-20(2)16-28(33-39-27-18-23-17-26(31(23,3)4)32(27,5)40-33)35-29(36)19-25(21-12-14-24(38-6)15-13-21)34-30(37)22-10-8-7-9-11-22/h7-15,20,23,25-28H,16-19H2,1-6H3,(H,34,37)(H,35,36)/t23-,25-,26-,27-,28+,32+/m1/s1. The number of rotatable bonds is 10. The van der Waals surface area contributed by atoms with Crippen LogP contribution in [-0.4, -0.2) is 43.7 Å². The summed E-state index contributed by atoms with van der Waals surface area (Å²) in [6.07, 6.45) is 3.06. The molecule has 0 radical (unpaired) electrons. The molecule has 214 valence electrons. The molecule has 8 heteroatoms. The molecule has 6 atom stereocenters. The number of carbonyl (C=O) groups is 2. The number of benzene rings is 2. The zero-order valence-corrected chi connectivity index (χ0v) is 24.6. The fourth-order valence-corrected chi connectivity index (χ4v) is 7.19. The van der Waals surface area contributed by atoms with E-state index in [1.54, 1.807) is 19.2 Å². The summed E-state index contributed by atoms with van der Waals surface area (Å²) in [5.41, 5.74) is 1.29. The highest BCUT2D eigenvalue weighted by Gasteiger charge is 2.68. The van der Waals surface area contributed by atoms with E-state index in [0.717, 1.165) is 18.4 Å². The van der Waals surface area contributed by atoms with Gasteiger partial charge in [0.1, 0.15) is 5.75 Å². The Morgan fingerprint density at radius 2 is 1.73 bits per heavy atom. The molecule has 6 rings (SSSR count). The maximum atomic E-state index is 13.6. The lowest BCUT2D eigenvalue weighted by molar-refractivity contribution is -0.199. The molecule has 4 aliphatic rings. The Hall–Kier alpha value is -2.84. The van der Waals surface area contributed by atoms with Crippen molar-refractivity contribution in [3.05, 3.63) is 65.7 Å². The average molecular weight is 547 g/mol. The van der Waals surface area contributed by atoms with E-state index in [1.165, 1.54) is 6.42 Å². The third kappa shape index (κ3) is 5.53. The van der Waals surface area contributed by atoms with E-state index >= 15 is 0 Å². The molecule has 0 unspecified atom stereocenters. The van der Waals surface area contributed by atoms with Gasteiger partial charge in [0.25, 0.3) is 5.91 Å². The molecule has 3 saturated carbocycles. The third-order valence-corrected chi connectivity index (χ3v) is 9.62. The zero-order chi connectivity index (χ0) is 28.7. The van der Waals surface area contributed by atoms with Gasteiger partial charge in [0, 0.05) is 5.56 Å². The molecule has 1 saturated heterocycles. The van der Waals surface area contributed by atoms with Gasteiger partial charge in [-0.15, -0.1) is 0 Å². The molecule has 1 aliphatic heterocycles. The second-order valence-corrected chi connectivity index (χ2v) is 13.0. The van der Waals surface area contributed by atoms with Crippen LogP contribution < -0.4 is 15.4 Å². The van der Waals surface area contributed by atoms with E-state index in [2.05, 4.69) is 45.3 Å². The second kappa shape index (κ2) is 11.2. The molecule has 4 fully saturated rings. The van der Waals surface area contributed by atoms with Gasteiger partial charge in [-0.05, 0) is 79.2 Å². The number of hydrogen-bond donors (Lipinski definition) is 2. The smallest absolute Gasteiger partial charge is 0.481 e. The van der Waals surface area contributed by atoms with E-state index in [4.69, 9.17) is 14.0 Å². The van der Waals surface area contributed by atoms with Crippen LogP contribution in [-0.2, 0) is 14.1 Å². The van der Waals surface area contributed by atoms with Crippen LogP contribution in [0.25, 0.3) is 0 Å². The van der Waals surface area contributed by atoms with Crippen LogP contribution in [0.15, 0.2) is 54.6 Å². The van der Waals surface area contributed by atoms with Crippen LogP contribution in [0.5, 0.6) is 5.75 Å². The summed E-state index contributed by atoms with van der Waals surface area (Å²) in [6, 6.07) is 16.0. The highest BCUT2D eigenvalue weighted by Crippen LogP contribution is 2.65. The van der Waals surface area contributed by atoms with Gasteiger partial charge < -0.3 is 24.7 Å². The van der Waals surface area contributed by atoms with Gasteiger partial charge in [0.05, 0.1) is 37.2 Å². The molecule has 0 spiro atoms. The molecule has 7 nitrogen and oxygen atoms in total. The summed E-state index contributed by atoms with van der Waals surface area (Å²) in [6.45, 7) is 11.2. The number of ether oxygens (including phenoxy) is 1. The minimum Gasteiger partial charge on any atom is -0.497 e. The first-order chi connectivity index (χ1) is 19.0. The molecule has 40 heavy (non-hydrogen) atoms. The van der Waals surface area contributed by atoms with Crippen molar-refractivity contribution in [2.75, 3.05) is 7.11 Å². The molecule has 2 N–H and O–H groups in total. The van der Waals surface area contributed by atoms with Gasteiger partial charge >= 0.3 is 7.12 Å². The molecule has 2 aromatic carbocycles. The van der Waals surface area contributed by atoms with Gasteiger partial charge in [-0.1, -0.05) is 58.0 Å². The summed E-state index contributed by atoms with van der Waals surface area (Å²) >= 11 is 0. The molecule has 1 heterocycles. The zero-order valence-electron chi connectivity index (χ0n) is 24.6. The minimum absolute atomic E-state index is 0.0537. The van der Waals surface area contributed by atoms with Gasteiger partial charge in [-0.25, -0.2) is 0 Å². The highest BCUT2D eigenvalue weighted by molar-refractivity contribution is 6.47. The van der Waals surface area contributed by atoms with Gasteiger partial charge in [-0.3, -0.25) is 9.59 Å². The van der Waals surface area contributed by atoms with E-state index < -0.39 is 13.2 Å². The first-order valence-electron chi connectivity index (χ1n) is 14.6. The molecule has 0 aromatic heterocycles. The quantitative estimate of drug-likeness (QED) is 0.392. The number of nitrogens with one attached hydrogen (secondary N) is 2. The monoisotopic (exact) mass is 546 g/mol. The predicted octanol–water partition coefficient (Wildman–Crippen LogP) is 5.35. The summed E-state index contributed by atoms with van der Waals surface area (Å²) < 4.78 is 18.6. The van der Waals surface area contributed by atoms with Crippen LogP contribution >= 0.6 is 0 Å². The lowest BCUT2D eigenvalue weighted by atomic mass is 9.43. The maximum Gasteiger partial charge on any atom is 0.481 e. The molecule has 2 bridgehead atoms. The average Bonchev–Trinajstić information content (AvgIpc) is 3.30. The third-order valence-electron chi connectivity index (χ3n) is 9.62. The number of carbonyl (C=O) groups excluding carboxylic acids is 2. The molecular formula is C32H43BN2O5. The largest absolute Gasteiger partial charge is 0.497 e. The van der Waals surface area contributed by atoms with Gasteiger partial charge in [0.2, 0.25) is 5.91 Å². The lowest BCUT2D eigenvalue weighted by Gasteiger charge is -2.64. The lowest BCUT2D eigenvalue weighted by Crippen LogP contribution is -2.65. The van der Waals surface area contributed by atoms with Gasteiger partial charge in [-0.2, -0.15) is 0 Å². The van der Waals surface area contributed by atoms with Crippen molar-refractivity contribution in [1.82, 2.24) is 10.6 Å². The van der Waals surface area contributed by atoms with E-state index in [0.29, 0.717) is 29.1 Å². The predicted molar refractivity (Wildman–Crippen MR) is 156 cm³/mol. The Kier molecular flexibility index (Phi) is 8.04. The van der Waals surface area contributed by atoms with E-state index in [-0.39, 0.29) is 41.3 Å². The molecule has 2 amide bonds. The van der Waals surface area contributed by atoms with Crippen LogP contribution in [0.1, 0.15) is 82.3 Å². The van der Waals surface area contributed by atoms with Crippen LogP contribution in [0.3, 0.4) is 0 Å². The Morgan fingerprint density at radius 1 is 1.02 bits per heavy atom. The normalized spacial score (nSPS) is 27.8. The van der Waals surface area contributed by atoms with Crippen molar-refractivity contribution < 1.29 is 23.6 Å². The van der Waals surface area contributed by atoms with E-state index in [1.807, 2.05) is 42.5 Å². The van der Waals surface area contributed by atoms with Crippen LogP contribution in [0.2, 0.25) is 0 Å². The number of hydrogen-bond acceptors (Lipinski definition) is 5. The maximum absolute atomic E-state index is 13.6. The van der Waals surface area contributed by atoms with Crippen molar-refractivity contribution in [2.45, 2.75) is 84.0 Å². The topological polar surface area (TPSA) is 85.9 Å². The molecular weight excluding hydrogens is 503 g/mol. The van der Waals surface area contributed by atoms with Crippen LogP contribution in [0.4, 0.5) is 0 Å². The summed E-state index contributed by atoms with van der Waals surface area (Å²) in [5, 5.41) is 6.30. The van der Waals surface area contributed by atoms with Crippen molar-refractivity contribution in [2.24, 2.45) is 23.2 Å². The number of amides is 2. The molecule has 2 aromatic rings. The first kappa shape index (κ1) is 28.7. The van der Waals surface area contributed by atoms with Crippen molar-refractivity contribution in [3.63, 3.8) is 0 Å². The summed E-state index contributed by atoms with van der Waals surface area (Å²) in [7, 11) is 1.12. The Labute approximate surface area is 238 Å². The number of methoxy groups -OCH3 is 1. The van der Waals surface area contributed by atoms with Crippen molar-refractivity contribution >= 4 is 18.9 Å². The van der Waals surface area contributed by atoms with Gasteiger partial charge in [0.15, 0.2) is 0 Å². The fourth-order valence-electron chi connectivity index (χ4n) is 7.19. The van der Waals surface area contributed by atoms with Crippen molar-refractivity contribution in [1.29, 1.82) is 0 Å². The van der Waals surface area contributed by atoms with E-state index in [9.17, 15) is 9.59 Å².